The summed E-state index contributed by atoms with van der Waals surface area (Å²) >= 11 is 0. The Morgan fingerprint density at radius 1 is 0.935 bits per heavy atom. The van der Waals surface area contributed by atoms with Crippen LogP contribution < -0.4 is 14.2 Å². The molecule has 0 spiro atoms. The molecule has 1 saturated heterocycles. The van der Waals surface area contributed by atoms with Crippen LogP contribution in [0.5, 0.6) is 11.5 Å². The Balaban J connectivity index is 1.57. The normalized spacial score (nSPS) is 15.2. The number of sulfonamides is 2. The summed E-state index contributed by atoms with van der Waals surface area (Å²) in [7, 11) is -5.64. The van der Waals surface area contributed by atoms with Crippen LogP contribution in [0.15, 0.2) is 46.2 Å². The Bertz CT molecular complexity index is 1100. The molecular weight excluding hydrogens is 440 g/mol. The van der Waals surface area contributed by atoms with E-state index in [0.29, 0.717) is 35.7 Å². The molecule has 8 nitrogen and oxygen atoms in total. The first kappa shape index (κ1) is 23.5. The van der Waals surface area contributed by atoms with Gasteiger partial charge in [0, 0.05) is 19.6 Å². The fraction of sp³-hybridized carbons (Fsp3) is 0.429. The maximum atomic E-state index is 12.7. The molecule has 0 saturated carbocycles. The molecule has 1 aliphatic heterocycles. The molecule has 31 heavy (non-hydrogen) atoms. The van der Waals surface area contributed by atoms with Crippen molar-refractivity contribution >= 4 is 20.0 Å². The average molecular weight is 469 g/mol. The molecule has 0 atom stereocenters. The summed E-state index contributed by atoms with van der Waals surface area (Å²) in [6.45, 7) is 4.71. The summed E-state index contributed by atoms with van der Waals surface area (Å²) in [6.07, 6.45) is 1.76. The fourth-order valence-electron chi connectivity index (χ4n) is 3.65. The zero-order valence-electron chi connectivity index (χ0n) is 17.9. The Morgan fingerprint density at radius 3 is 2.06 bits per heavy atom. The number of nitrogens with zero attached hydrogens (tertiary/aromatic N) is 1. The maximum Gasteiger partial charge on any atom is 0.243 e. The SMILES string of the molecule is COc1cc(C)c(S(=O)(=O)NCCOc2ccc(S(=O)(=O)N3CCCC3)cc2)c(C)c1. The van der Waals surface area contributed by atoms with Gasteiger partial charge in [-0.25, -0.2) is 21.6 Å². The van der Waals surface area contributed by atoms with Gasteiger partial charge in [0.25, 0.3) is 0 Å². The summed E-state index contributed by atoms with van der Waals surface area (Å²) in [5, 5.41) is 0. The van der Waals surface area contributed by atoms with Gasteiger partial charge in [-0.05, 0) is 74.2 Å². The summed E-state index contributed by atoms with van der Waals surface area (Å²) in [5.41, 5.74) is 1.19. The van der Waals surface area contributed by atoms with Gasteiger partial charge in [0.2, 0.25) is 20.0 Å². The molecule has 3 rings (SSSR count). The van der Waals surface area contributed by atoms with E-state index in [-0.39, 0.29) is 22.9 Å². The molecule has 0 radical (unpaired) electrons. The molecule has 0 aliphatic carbocycles. The fourth-order valence-corrected chi connectivity index (χ4v) is 6.63. The number of aryl methyl sites for hydroxylation is 2. The number of hydrogen-bond acceptors (Lipinski definition) is 6. The quantitative estimate of drug-likeness (QED) is 0.567. The smallest absolute Gasteiger partial charge is 0.243 e. The number of methoxy groups -OCH3 is 1. The van der Waals surface area contributed by atoms with Gasteiger partial charge in [0.15, 0.2) is 0 Å². The number of rotatable bonds is 9. The molecule has 1 N–H and O–H groups in total. The van der Waals surface area contributed by atoms with E-state index in [2.05, 4.69) is 4.72 Å². The van der Waals surface area contributed by atoms with Crippen LogP contribution in [0.3, 0.4) is 0 Å². The van der Waals surface area contributed by atoms with Crippen molar-refractivity contribution in [2.45, 2.75) is 36.5 Å². The van der Waals surface area contributed by atoms with Crippen LogP contribution in [0, 0.1) is 13.8 Å². The monoisotopic (exact) mass is 468 g/mol. The van der Waals surface area contributed by atoms with E-state index in [4.69, 9.17) is 9.47 Å². The van der Waals surface area contributed by atoms with Gasteiger partial charge in [0.1, 0.15) is 18.1 Å². The first-order valence-corrected chi connectivity index (χ1v) is 13.0. The second kappa shape index (κ2) is 9.56. The van der Waals surface area contributed by atoms with Crippen LogP contribution in [0.25, 0.3) is 0 Å². The van der Waals surface area contributed by atoms with E-state index in [1.807, 2.05) is 0 Å². The van der Waals surface area contributed by atoms with Crippen LogP contribution in [0.2, 0.25) is 0 Å². The standard InChI is InChI=1S/C21H28N2O6S2/c1-16-14-19(28-3)15-17(2)21(16)30(24,25)22-10-13-29-18-6-8-20(9-7-18)31(26,27)23-11-4-5-12-23/h6-9,14-15,22H,4-5,10-13H2,1-3H3. The molecule has 0 aromatic heterocycles. The Kier molecular flexibility index (Phi) is 7.25. The van der Waals surface area contributed by atoms with Gasteiger partial charge in [-0.2, -0.15) is 4.31 Å². The minimum absolute atomic E-state index is 0.0705. The number of benzene rings is 2. The molecule has 1 fully saturated rings. The Hall–Kier alpha value is -2.14. The van der Waals surface area contributed by atoms with Gasteiger partial charge in [-0.1, -0.05) is 0 Å². The summed E-state index contributed by atoms with van der Waals surface area (Å²) < 4.78 is 65.2. The van der Waals surface area contributed by atoms with Gasteiger partial charge in [-0.15, -0.1) is 0 Å². The third-order valence-corrected chi connectivity index (χ3v) is 8.81. The van der Waals surface area contributed by atoms with Crippen molar-refractivity contribution in [2.24, 2.45) is 0 Å². The number of nitrogens with one attached hydrogen (secondary N) is 1. The lowest BCUT2D eigenvalue weighted by Gasteiger charge is -2.16. The van der Waals surface area contributed by atoms with Crippen LogP contribution in [-0.2, 0) is 20.0 Å². The summed E-state index contributed by atoms with van der Waals surface area (Å²) in [6, 6.07) is 9.53. The molecule has 170 valence electrons. The van der Waals surface area contributed by atoms with Crippen LogP contribution in [0.4, 0.5) is 0 Å². The molecule has 10 heteroatoms. The van der Waals surface area contributed by atoms with Crippen molar-refractivity contribution in [1.82, 2.24) is 9.03 Å². The second-order valence-corrected chi connectivity index (χ2v) is 11.1. The van der Waals surface area contributed by atoms with Gasteiger partial charge < -0.3 is 9.47 Å². The number of ether oxygens (including phenoxy) is 2. The Morgan fingerprint density at radius 2 is 1.52 bits per heavy atom. The predicted molar refractivity (Wildman–Crippen MR) is 118 cm³/mol. The van der Waals surface area contributed by atoms with Crippen molar-refractivity contribution < 1.29 is 26.3 Å². The zero-order chi connectivity index (χ0) is 22.6. The van der Waals surface area contributed by atoms with Crippen molar-refractivity contribution in [3.05, 3.63) is 47.5 Å². The van der Waals surface area contributed by atoms with Crippen molar-refractivity contribution in [3.8, 4) is 11.5 Å². The minimum atomic E-state index is -3.71. The first-order chi connectivity index (χ1) is 14.6. The first-order valence-electron chi connectivity index (χ1n) is 10.0. The van der Waals surface area contributed by atoms with Crippen LogP contribution in [0.1, 0.15) is 24.0 Å². The lowest BCUT2D eigenvalue weighted by molar-refractivity contribution is 0.322. The highest BCUT2D eigenvalue weighted by atomic mass is 32.2. The molecular formula is C21H28N2O6S2. The van der Waals surface area contributed by atoms with E-state index < -0.39 is 20.0 Å². The van der Waals surface area contributed by atoms with Crippen LogP contribution in [-0.4, -0.2) is 54.5 Å². The van der Waals surface area contributed by atoms with Crippen molar-refractivity contribution in [3.63, 3.8) is 0 Å². The summed E-state index contributed by atoms with van der Waals surface area (Å²) in [5.74, 6) is 1.07. The second-order valence-electron chi connectivity index (χ2n) is 7.42. The lowest BCUT2D eigenvalue weighted by Crippen LogP contribution is -2.29. The van der Waals surface area contributed by atoms with E-state index >= 15 is 0 Å². The maximum absolute atomic E-state index is 12.7. The molecule has 1 aliphatic rings. The van der Waals surface area contributed by atoms with Crippen molar-refractivity contribution in [1.29, 1.82) is 0 Å². The highest BCUT2D eigenvalue weighted by Crippen LogP contribution is 2.26. The van der Waals surface area contributed by atoms with Gasteiger partial charge in [0.05, 0.1) is 16.9 Å². The van der Waals surface area contributed by atoms with Gasteiger partial charge in [-0.3, -0.25) is 0 Å². The molecule has 0 unspecified atom stereocenters. The van der Waals surface area contributed by atoms with Crippen molar-refractivity contribution in [2.75, 3.05) is 33.4 Å². The molecule has 2 aromatic carbocycles. The largest absolute Gasteiger partial charge is 0.497 e. The van der Waals surface area contributed by atoms with Crippen LogP contribution >= 0.6 is 0 Å². The molecule has 1 heterocycles. The van der Waals surface area contributed by atoms with E-state index in [1.54, 1.807) is 38.1 Å². The lowest BCUT2D eigenvalue weighted by atomic mass is 10.1. The molecule has 0 amide bonds. The molecule has 2 aromatic rings. The van der Waals surface area contributed by atoms with E-state index in [1.165, 1.54) is 23.5 Å². The Labute approximate surface area is 184 Å². The third kappa shape index (κ3) is 5.38. The molecule has 0 bridgehead atoms. The third-order valence-electron chi connectivity index (χ3n) is 5.13. The highest BCUT2D eigenvalue weighted by Gasteiger charge is 2.27. The average Bonchev–Trinajstić information content (AvgIpc) is 3.26. The van der Waals surface area contributed by atoms with E-state index in [0.717, 1.165) is 12.8 Å². The highest BCUT2D eigenvalue weighted by molar-refractivity contribution is 7.89. The summed E-state index contributed by atoms with van der Waals surface area (Å²) in [4.78, 5) is 0.456. The van der Waals surface area contributed by atoms with E-state index in [9.17, 15) is 16.8 Å². The predicted octanol–water partition coefficient (Wildman–Crippen LogP) is 2.45. The topological polar surface area (TPSA) is 102 Å². The minimum Gasteiger partial charge on any atom is -0.497 e. The number of hydrogen-bond donors (Lipinski definition) is 1. The van der Waals surface area contributed by atoms with Gasteiger partial charge >= 0.3 is 0 Å². The zero-order valence-corrected chi connectivity index (χ0v) is 19.6.